The second-order valence-corrected chi connectivity index (χ2v) is 4.48. The van der Waals surface area contributed by atoms with E-state index in [9.17, 15) is 4.79 Å². The molecular formula is C15H18N2O2. The summed E-state index contributed by atoms with van der Waals surface area (Å²) >= 11 is 0. The van der Waals surface area contributed by atoms with Crippen molar-refractivity contribution in [3.8, 4) is 0 Å². The number of amides is 2. The molecule has 0 fully saturated rings. The third-order valence-corrected chi connectivity index (χ3v) is 3.01. The molecule has 100 valence electrons. The van der Waals surface area contributed by atoms with Gasteiger partial charge in [-0.05, 0) is 37.1 Å². The van der Waals surface area contributed by atoms with Gasteiger partial charge in [0.05, 0.1) is 18.8 Å². The molecule has 0 aliphatic carbocycles. The molecule has 2 aromatic rings. The zero-order valence-corrected chi connectivity index (χ0v) is 11.1. The van der Waals surface area contributed by atoms with Crippen molar-refractivity contribution in [3.63, 3.8) is 0 Å². The predicted molar refractivity (Wildman–Crippen MR) is 73.7 cm³/mol. The van der Waals surface area contributed by atoms with Crippen LogP contribution < -0.4 is 10.6 Å². The number of carbonyl (C=O) groups is 1. The molecule has 0 bridgehead atoms. The van der Waals surface area contributed by atoms with Crippen LogP contribution >= 0.6 is 0 Å². The molecule has 4 nitrogen and oxygen atoms in total. The number of carbonyl (C=O) groups excluding carboxylic acids is 1. The highest BCUT2D eigenvalue weighted by atomic mass is 16.3. The SMILES string of the molecule is Cc1ccccc1[C@H](C)NC(=O)NCc1ccco1. The molecule has 0 aliphatic heterocycles. The Bertz CT molecular complexity index is 535. The van der Waals surface area contributed by atoms with Crippen LogP contribution in [0.5, 0.6) is 0 Å². The maximum absolute atomic E-state index is 11.8. The molecule has 0 saturated heterocycles. The summed E-state index contributed by atoms with van der Waals surface area (Å²) in [4.78, 5) is 11.8. The molecule has 1 aromatic carbocycles. The van der Waals surface area contributed by atoms with Gasteiger partial charge in [-0.15, -0.1) is 0 Å². The quantitative estimate of drug-likeness (QED) is 0.885. The molecule has 0 aliphatic rings. The summed E-state index contributed by atoms with van der Waals surface area (Å²) in [7, 11) is 0. The average molecular weight is 258 g/mol. The molecule has 0 saturated carbocycles. The average Bonchev–Trinajstić information content (AvgIpc) is 2.90. The Morgan fingerprint density at radius 2 is 2.05 bits per heavy atom. The lowest BCUT2D eigenvalue weighted by Gasteiger charge is -2.16. The number of aryl methyl sites for hydroxylation is 1. The van der Waals surface area contributed by atoms with Crippen LogP contribution in [0.1, 0.15) is 29.9 Å². The van der Waals surface area contributed by atoms with Crippen LogP contribution in [0.3, 0.4) is 0 Å². The molecule has 2 rings (SSSR count). The molecule has 0 radical (unpaired) electrons. The molecule has 1 atom stereocenters. The van der Waals surface area contributed by atoms with Gasteiger partial charge in [0.1, 0.15) is 5.76 Å². The maximum Gasteiger partial charge on any atom is 0.315 e. The number of hydrogen-bond acceptors (Lipinski definition) is 2. The normalized spacial score (nSPS) is 11.9. The second-order valence-electron chi connectivity index (χ2n) is 4.48. The summed E-state index contributed by atoms with van der Waals surface area (Å²) in [5.74, 6) is 0.735. The summed E-state index contributed by atoms with van der Waals surface area (Å²) in [6, 6.07) is 11.4. The van der Waals surface area contributed by atoms with Crippen molar-refractivity contribution in [2.75, 3.05) is 0 Å². The van der Waals surface area contributed by atoms with Crippen molar-refractivity contribution in [2.45, 2.75) is 26.4 Å². The van der Waals surface area contributed by atoms with Gasteiger partial charge in [-0.3, -0.25) is 0 Å². The van der Waals surface area contributed by atoms with Gasteiger partial charge in [0.15, 0.2) is 0 Å². The highest BCUT2D eigenvalue weighted by molar-refractivity contribution is 5.74. The van der Waals surface area contributed by atoms with Crippen LogP contribution in [-0.4, -0.2) is 6.03 Å². The highest BCUT2D eigenvalue weighted by Gasteiger charge is 2.11. The van der Waals surface area contributed by atoms with Crippen molar-refractivity contribution in [3.05, 3.63) is 59.5 Å². The van der Waals surface area contributed by atoms with E-state index >= 15 is 0 Å². The third kappa shape index (κ3) is 3.61. The van der Waals surface area contributed by atoms with Gasteiger partial charge in [0.2, 0.25) is 0 Å². The fraction of sp³-hybridized carbons (Fsp3) is 0.267. The lowest BCUT2D eigenvalue weighted by atomic mass is 10.0. The number of urea groups is 1. The van der Waals surface area contributed by atoms with Gasteiger partial charge in [-0.25, -0.2) is 4.79 Å². The Kier molecular flexibility index (Phi) is 4.23. The van der Waals surface area contributed by atoms with Crippen molar-refractivity contribution < 1.29 is 9.21 Å². The lowest BCUT2D eigenvalue weighted by Crippen LogP contribution is -2.36. The minimum Gasteiger partial charge on any atom is -0.467 e. The Labute approximate surface area is 112 Å². The molecule has 1 heterocycles. The number of furan rings is 1. The molecule has 2 N–H and O–H groups in total. The van der Waals surface area contributed by atoms with Gasteiger partial charge in [0.25, 0.3) is 0 Å². The van der Waals surface area contributed by atoms with Crippen LogP contribution in [-0.2, 0) is 6.54 Å². The van der Waals surface area contributed by atoms with E-state index in [4.69, 9.17) is 4.42 Å². The first-order valence-electron chi connectivity index (χ1n) is 6.29. The first-order valence-corrected chi connectivity index (χ1v) is 6.29. The van der Waals surface area contributed by atoms with Gasteiger partial charge in [0, 0.05) is 0 Å². The molecule has 0 spiro atoms. The van der Waals surface area contributed by atoms with E-state index in [1.807, 2.05) is 44.2 Å². The van der Waals surface area contributed by atoms with E-state index in [0.717, 1.165) is 11.3 Å². The minimum atomic E-state index is -0.202. The Morgan fingerprint density at radius 3 is 2.74 bits per heavy atom. The van der Waals surface area contributed by atoms with Gasteiger partial charge in [-0.2, -0.15) is 0 Å². The molecule has 1 aromatic heterocycles. The van der Waals surface area contributed by atoms with Crippen molar-refractivity contribution >= 4 is 6.03 Å². The van der Waals surface area contributed by atoms with Crippen LogP contribution in [0.25, 0.3) is 0 Å². The zero-order valence-electron chi connectivity index (χ0n) is 11.1. The summed E-state index contributed by atoms with van der Waals surface area (Å²) in [6.45, 7) is 4.39. The molecule has 4 heteroatoms. The number of nitrogens with one attached hydrogen (secondary N) is 2. The van der Waals surface area contributed by atoms with Crippen molar-refractivity contribution in [2.24, 2.45) is 0 Å². The van der Waals surface area contributed by atoms with Gasteiger partial charge >= 0.3 is 6.03 Å². The van der Waals surface area contributed by atoms with Crippen LogP contribution in [0.2, 0.25) is 0 Å². The topological polar surface area (TPSA) is 54.3 Å². The van der Waals surface area contributed by atoms with E-state index in [1.54, 1.807) is 12.3 Å². The molecule has 0 unspecified atom stereocenters. The number of benzene rings is 1. The number of hydrogen-bond donors (Lipinski definition) is 2. The fourth-order valence-electron chi connectivity index (χ4n) is 1.98. The van der Waals surface area contributed by atoms with E-state index in [1.165, 1.54) is 5.56 Å². The van der Waals surface area contributed by atoms with E-state index in [0.29, 0.717) is 6.54 Å². The van der Waals surface area contributed by atoms with Crippen LogP contribution in [0, 0.1) is 6.92 Å². The Hall–Kier alpha value is -2.23. The highest BCUT2D eigenvalue weighted by Crippen LogP contribution is 2.16. The summed E-state index contributed by atoms with van der Waals surface area (Å²) in [5.41, 5.74) is 2.29. The summed E-state index contributed by atoms with van der Waals surface area (Å²) in [6.07, 6.45) is 1.59. The first kappa shape index (κ1) is 13.2. The zero-order chi connectivity index (χ0) is 13.7. The minimum absolute atomic E-state index is 0.0298. The molecule has 2 amide bonds. The van der Waals surface area contributed by atoms with E-state index in [-0.39, 0.29) is 12.1 Å². The monoisotopic (exact) mass is 258 g/mol. The summed E-state index contributed by atoms with van der Waals surface area (Å²) < 4.78 is 5.15. The predicted octanol–water partition coefficient (Wildman–Crippen LogP) is 3.15. The number of rotatable bonds is 4. The fourth-order valence-corrected chi connectivity index (χ4v) is 1.98. The molecule has 19 heavy (non-hydrogen) atoms. The Balaban J connectivity index is 1.87. The lowest BCUT2D eigenvalue weighted by molar-refractivity contribution is 0.236. The van der Waals surface area contributed by atoms with Crippen LogP contribution in [0.15, 0.2) is 47.1 Å². The first-order chi connectivity index (χ1) is 9.16. The second kappa shape index (κ2) is 6.09. The van der Waals surface area contributed by atoms with Crippen molar-refractivity contribution in [1.29, 1.82) is 0 Å². The standard InChI is InChI=1S/C15H18N2O2/c1-11-6-3-4-8-14(11)12(2)17-15(18)16-10-13-7-5-9-19-13/h3-9,12H,10H2,1-2H3,(H2,16,17,18)/t12-/m0/s1. The maximum atomic E-state index is 11.8. The van der Waals surface area contributed by atoms with E-state index < -0.39 is 0 Å². The third-order valence-electron chi connectivity index (χ3n) is 3.01. The van der Waals surface area contributed by atoms with Crippen LogP contribution in [0.4, 0.5) is 4.79 Å². The van der Waals surface area contributed by atoms with E-state index in [2.05, 4.69) is 10.6 Å². The Morgan fingerprint density at radius 1 is 1.26 bits per heavy atom. The van der Waals surface area contributed by atoms with Gasteiger partial charge in [-0.1, -0.05) is 24.3 Å². The van der Waals surface area contributed by atoms with Crippen molar-refractivity contribution in [1.82, 2.24) is 10.6 Å². The largest absolute Gasteiger partial charge is 0.467 e. The molecular weight excluding hydrogens is 240 g/mol. The smallest absolute Gasteiger partial charge is 0.315 e. The summed E-state index contributed by atoms with van der Waals surface area (Å²) in [5, 5.41) is 5.67. The van der Waals surface area contributed by atoms with Gasteiger partial charge < -0.3 is 15.1 Å².